The van der Waals surface area contributed by atoms with Crippen LogP contribution in [0.25, 0.3) is 6.08 Å². The molecule has 0 atom stereocenters. The van der Waals surface area contributed by atoms with E-state index in [-0.39, 0.29) is 11.4 Å². The maximum atomic E-state index is 11.8. The third kappa shape index (κ3) is 2.46. The van der Waals surface area contributed by atoms with Gasteiger partial charge in [-0.1, -0.05) is 38.1 Å². The molecule has 0 aromatic heterocycles. The molecule has 2 N–H and O–H groups in total. The van der Waals surface area contributed by atoms with Gasteiger partial charge in [-0.25, -0.2) is 5.43 Å². The van der Waals surface area contributed by atoms with Crippen LogP contribution >= 0.6 is 0 Å². The number of nitrogens with one attached hydrogen (secondary N) is 2. The summed E-state index contributed by atoms with van der Waals surface area (Å²) >= 11 is 0. The topological polar surface area (TPSA) is 41.1 Å². The number of hydrogen-bond donors (Lipinski definition) is 2. The Bertz CT molecular complexity index is 501. The first-order chi connectivity index (χ1) is 8.40. The number of hydrogen-bond acceptors (Lipinski definition) is 2. The SMILES string of the molecule is CC(C)c1cccc(/C=C2\C(=O)NNC2(C)C)c1. The van der Waals surface area contributed by atoms with E-state index in [4.69, 9.17) is 0 Å². The van der Waals surface area contributed by atoms with Crippen molar-refractivity contribution in [2.45, 2.75) is 39.2 Å². The summed E-state index contributed by atoms with van der Waals surface area (Å²) in [5.41, 5.74) is 8.44. The van der Waals surface area contributed by atoms with Crippen LogP contribution < -0.4 is 10.9 Å². The van der Waals surface area contributed by atoms with Crippen LogP contribution in [-0.2, 0) is 4.79 Å². The first-order valence-corrected chi connectivity index (χ1v) is 6.30. The van der Waals surface area contributed by atoms with Crippen LogP contribution in [0, 0.1) is 0 Å². The van der Waals surface area contributed by atoms with Gasteiger partial charge in [-0.05, 0) is 37.0 Å². The Morgan fingerprint density at radius 2 is 2.00 bits per heavy atom. The van der Waals surface area contributed by atoms with E-state index >= 15 is 0 Å². The molecule has 0 radical (unpaired) electrons. The summed E-state index contributed by atoms with van der Waals surface area (Å²) in [6.07, 6.45) is 1.96. The van der Waals surface area contributed by atoms with Gasteiger partial charge in [0.2, 0.25) is 0 Å². The smallest absolute Gasteiger partial charge is 0.263 e. The highest BCUT2D eigenvalue weighted by Crippen LogP contribution is 2.24. The fourth-order valence-corrected chi connectivity index (χ4v) is 2.05. The maximum Gasteiger partial charge on any atom is 0.263 e. The first kappa shape index (κ1) is 12.8. The van der Waals surface area contributed by atoms with Gasteiger partial charge < -0.3 is 0 Å². The molecule has 96 valence electrons. The van der Waals surface area contributed by atoms with Crippen LogP contribution in [0.3, 0.4) is 0 Å². The zero-order chi connectivity index (χ0) is 13.3. The Labute approximate surface area is 108 Å². The molecule has 0 unspecified atom stereocenters. The van der Waals surface area contributed by atoms with E-state index in [2.05, 4.69) is 36.8 Å². The van der Waals surface area contributed by atoms with Crippen molar-refractivity contribution < 1.29 is 4.79 Å². The van der Waals surface area contributed by atoms with Crippen LogP contribution in [0.4, 0.5) is 0 Å². The highest BCUT2D eigenvalue weighted by molar-refractivity contribution is 6.01. The van der Waals surface area contributed by atoms with E-state index in [0.717, 1.165) is 11.1 Å². The number of amides is 1. The summed E-state index contributed by atoms with van der Waals surface area (Å²) in [7, 11) is 0. The molecule has 0 bridgehead atoms. The van der Waals surface area contributed by atoms with E-state index < -0.39 is 0 Å². The van der Waals surface area contributed by atoms with Crippen LogP contribution in [-0.4, -0.2) is 11.4 Å². The summed E-state index contributed by atoms with van der Waals surface area (Å²) in [5, 5.41) is 0. The van der Waals surface area contributed by atoms with Gasteiger partial charge in [-0.2, -0.15) is 0 Å². The average molecular weight is 244 g/mol. The number of rotatable bonds is 2. The highest BCUT2D eigenvalue weighted by atomic mass is 16.2. The van der Waals surface area contributed by atoms with E-state index in [1.165, 1.54) is 5.56 Å². The molecule has 2 rings (SSSR count). The molecule has 1 aliphatic rings. The van der Waals surface area contributed by atoms with Crippen molar-refractivity contribution in [1.29, 1.82) is 0 Å². The van der Waals surface area contributed by atoms with Crippen molar-refractivity contribution >= 4 is 12.0 Å². The number of hydrazine groups is 1. The van der Waals surface area contributed by atoms with Crippen molar-refractivity contribution in [3.05, 3.63) is 41.0 Å². The zero-order valence-electron chi connectivity index (χ0n) is 11.4. The van der Waals surface area contributed by atoms with Gasteiger partial charge in [0.25, 0.3) is 5.91 Å². The fraction of sp³-hybridized carbons (Fsp3) is 0.400. The normalized spacial score (nSPS) is 20.5. The maximum absolute atomic E-state index is 11.8. The Morgan fingerprint density at radius 3 is 2.56 bits per heavy atom. The van der Waals surface area contributed by atoms with Gasteiger partial charge in [-0.3, -0.25) is 10.2 Å². The molecule has 0 aliphatic carbocycles. The molecule has 1 amide bonds. The predicted octanol–water partition coefficient (Wildman–Crippen LogP) is 2.61. The van der Waals surface area contributed by atoms with Gasteiger partial charge in [-0.15, -0.1) is 0 Å². The molecular weight excluding hydrogens is 224 g/mol. The lowest BCUT2D eigenvalue weighted by Gasteiger charge is -2.17. The Morgan fingerprint density at radius 1 is 1.28 bits per heavy atom. The third-order valence-corrected chi connectivity index (χ3v) is 3.29. The van der Waals surface area contributed by atoms with Gasteiger partial charge in [0, 0.05) is 5.57 Å². The molecule has 0 spiro atoms. The molecule has 18 heavy (non-hydrogen) atoms. The average Bonchev–Trinajstić information content (AvgIpc) is 2.56. The lowest BCUT2D eigenvalue weighted by Crippen LogP contribution is -2.38. The molecule has 1 saturated heterocycles. The fourth-order valence-electron chi connectivity index (χ4n) is 2.05. The van der Waals surface area contributed by atoms with Crippen molar-refractivity contribution in [2.24, 2.45) is 0 Å². The minimum atomic E-state index is -0.328. The molecule has 1 heterocycles. The molecule has 1 fully saturated rings. The minimum absolute atomic E-state index is 0.0463. The largest absolute Gasteiger partial charge is 0.287 e. The van der Waals surface area contributed by atoms with E-state index in [1.807, 2.05) is 32.1 Å². The van der Waals surface area contributed by atoms with Crippen LogP contribution in [0.2, 0.25) is 0 Å². The van der Waals surface area contributed by atoms with E-state index in [1.54, 1.807) is 0 Å². The lowest BCUT2D eigenvalue weighted by atomic mass is 9.93. The second-order valence-electron chi connectivity index (χ2n) is 5.59. The highest BCUT2D eigenvalue weighted by Gasteiger charge is 2.34. The summed E-state index contributed by atoms with van der Waals surface area (Å²) in [4.78, 5) is 11.8. The molecular formula is C15H20N2O. The van der Waals surface area contributed by atoms with Crippen LogP contribution in [0.15, 0.2) is 29.8 Å². The molecule has 0 saturated carbocycles. The Balaban J connectivity index is 2.38. The van der Waals surface area contributed by atoms with Gasteiger partial charge in [0.15, 0.2) is 0 Å². The monoisotopic (exact) mass is 244 g/mol. The van der Waals surface area contributed by atoms with Crippen molar-refractivity contribution in [2.75, 3.05) is 0 Å². The number of carbonyl (C=O) groups is 1. The molecule has 3 heteroatoms. The third-order valence-electron chi connectivity index (χ3n) is 3.29. The van der Waals surface area contributed by atoms with Crippen molar-refractivity contribution in [3.8, 4) is 0 Å². The summed E-state index contributed by atoms with van der Waals surface area (Å²) in [6.45, 7) is 8.31. The summed E-state index contributed by atoms with van der Waals surface area (Å²) in [6, 6.07) is 8.32. The Hall–Kier alpha value is -1.61. The van der Waals surface area contributed by atoms with E-state index in [9.17, 15) is 4.79 Å². The molecule has 1 aliphatic heterocycles. The summed E-state index contributed by atoms with van der Waals surface area (Å²) in [5.74, 6) is 0.446. The van der Waals surface area contributed by atoms with Crippen molar-refractivity contribution in [1.82, 2.24) is 10.9 Å². The summed E-state index contributed by atoms with van der Waals surface area (Å²) < 4.78 is 0. The molecule has 1 aromatic rings. The van der Waals surface area contributed by atoms with Crippen LogP contribution in [0.5, 0.6) is 0 Å². The standard InChI is InChI=1S/C15H20N2O/c1-10(2)12-7-5-6-11(8-12)9-13-14(18)16-17-15(13,3)4/h5-10,17H,1-4H3,(H,16,18)/b13-9+. The Kier molecular flexibility index (Phi) is 3.26. The quantitative estimate of drug-likeness (QED) is 0.785. The number of carbonyl (C=O) groups excluding carboxylic acids is 1. The molecule has 1 aromatic carbocycles. The minimum Gasteiger partial charge on any atom is -0.287 e. The van der Waals surface area contributed by atoms with Gasteiger partial charge >= 0.3 is 0 Å². The second kappa shape index (κ2) is 4.58. The lowest BCUT2D eigenvalue weighted by molar-refractivity contribution is -0.116. The second-order valence-corrected chi connectivity index (χ2v) is 5.59. The zero-order valence-corrected chi connectivity index (χ0v) is 11.4. The van der Waals surface area contributed by atoms with Crippen LogP contribution in [0.1, 0.15) is 44.7 Å². The van der Waals surface area contributed by atoms with Gasteiger partial charge in [0.1, 0.15) is 0 Å². The predicted molar refractivity (Wildman–Crippen MR) is 73.9 cm³/mol. The van der Waals surface area contributed by atoms with Crippen molar-refractivity contribution in [3.63, 3.8) is 0 Å². The van der Waals surface area contributed by atoms with Gasteiger partial charge in [0.05, 0.1) is 5.54 Å². The molecule has 3 nitrogen and oxygen atoms in total. The van der Waals surface area contributed by atoms with E-state index in [0.29, 0.717) is 5.92 Å². The first-order valence-electron chi connectivity index (χ1n) is 6.30. The number of benzene rings is 1.